The Balaban J connectivity index is 1.08. The Hall–Kier alpha value is -3.68. The van der Waals surface area contributed by atoms with Crippen LogP contribution in [-0.2, 0) is 6.42 Å². The van der Waals surface area contributed by atoms with Crippen molar-refractivity contribution in [3.8, 4) is 41.8 Å². The summed E-state index contributed by atoms with van der Waals surface area (Å²) in [4.78, 5) is 33.7. The summed E-state index contributed by atoms with van der Waals surface area (Å²) in [5.74, 6) is -0.387. The molecule has 242 valence electrons. The first-order valence-electron chi connectivity index (χ1n) is 16.3. The Kier molecular flexibility index (Phi) is 8.76. The van der Waals surface area contributed by atoms with Gasteiger partial charge >= 0.3 is 0 Å². The van der Waals surface area contributed by atoms with Crippen LogP contribution in [0.4, 0.5) is 0 Å². The zero-order valence-corrected chi connectivity index (χ0v) is 30.5. The number of hydrogen-bond donors (Lipinski definition) is 0. The van der Waals surface area contributed by atoms with Gasteiger partial charge in [0.15, 0.2) is 0 Å². The smallest absolute Gasteiger partial charge is 0.271 e. The van der Waals surface area contributed by atoms with Crippen LogP contribution in [0.2, 0.25) is 0 Å². The maximum Gasteiger partial charge on any atom is 0.271 e. The number of carbonyl (C=O) groups is 2. The molecular formula is C36H31N5O2S5. The van der Waals surface area contributed by atoms with Crippen LogP contribution in [0.25, 0.3) is 63.8 Å². The molecule has 2 aromatic carbocycles. The van der Waals surface area contributed by atoms with Crippen LogP contribution in [0.15, 0.2) is 54.6 Å². The standard InChI is InChI=1S/C36H31N5O2S5/c1-3-5-7-8-9-20-10-15-26(44-20)21-11-12-22(31-30(21)37-47-38-31)27-16-17-28(45-27)23-13-14-24(33-32(23)39-48-40-33)29-19-25-34(46-29)36(43)41(35(25)42)18-6-4-2/h10-17,19H,3-9,18H2,1-2H3. The molecule has 0 atom stereocenters. The van der Waals surface area contributed by atoms with Gasteiger partial charge in [0.2, 0.25) is 0 Å². The molecule has 0 spiro atoms. The van der Waals surface area contributed by atoms with Gasteiger partial charge in [0.1, 0.15) is 26.9 Å². The number of rotatable bonds is 12. The number of hydrogen-bond acceptors (Lipinski definition) is 11. The number of carbonyl (C=O) groups excluding carboxylic acids is 2. The minimum Gasteiger partial charge on any atom is -0.274 e. The highest BCUT2D eigenvalue weighted by atomic mass is 32.1. The fourth-order valence-electron chi connectivity index (χ4n) is 6.26. The van der Waals surface area contributed by atoms with E-state index < -0.39 is 0 Å². The monoisotopic (exact) mass is 725 g/mol. The molecule has 1 aliphatic rings. The lowest BCUT2D eigenvalue weighted by molar-refractivity contribution is 0.0653. The largest absolute Gasteiger partial charge is 0.274 e. The van der Waals surface area contributed by atoms with E-state index in [-0.39, 0.29) is 11.8 Å². The first-order chi connectivity index (χ1) is 23.6. The van der Waals surface area contributed by atoms with Crippen LogP contribution in [0.3, 0.4) is 0 Å². The Morgan fingerprint density at radius 1 is 0.542 bits per heavy atom. The highest BCUT2D eigenvalue weighted by molar-refractivity contribution is 7.19. The van der Waals surface area contributed by atoms with Crippen molar-refractivity contribution in [3.63, 3.8) is 0 Å². The Labute approximate surface area is 298 Å². The molecule has 48 heavy (non-hydrogen) atoms. The second-order valence-corrected chi connectivity index (χ2v) is 16.3. The van der Waals surface area contributed by atoms with Crippen LogP contribution in [0.1, 0.15) is 77.3 Å². The van der Waals surface area contributed by atoms with Gasteiger partial charge in [-0.3, -0.25) is 14.5 Å². The molecule has 8 rings (SSSR count). The predicted octanol–water partition coefficient (Wildman–Crippen LogP) is 11.1. The molecular weight excluding hydrogens is 695 g/mol. The van der Waals surface area contributed by atoms with Crippen molar-refractivity contribution in [2.45, 2.75) is 58.8 Å². The molecule has 2 amide bonds. The maximum atomic E-state index is 13.0. The Bertz CT molecular complexity index is 2270. The minimum absolute atomic E-state index is 0.189. The second-order valence-electron chi connectivity index (χ2n) is 12.0. The van der Waals surface area contributed by atoms with Crippen LogP contribution in [0, 0.1) is 0 Å². The van der Waals surface area contributed by atoms with E-state index in [9.17, 15) is 9.59 Å². The first kappa shape index (κ1) is 31.6. The third kappa shape index (κ3) is 5.53. The number of aromatic nitrogens is 4. The number of benzene rings is 2. The van der Waals surface area contributed by atoms with Gasteiger partial charge in [-0.15, -0.1) is 34.0 Å². The predicted molar refractivity (Wildman–Crippen MR) is 202 cm³/mol. The van der Waals surface area contributed by atoms with E-state index in [1.165, 1.54) is 75.1 Å². The molecule has 7 aromatic rings. The highest BCUT2D eigenvalue weighted by Crippen LogP contribution is 2.45. The number of imide groups is 1. The summed E-state index contributed by atoms with van der Waals surface area (Å²) in [6.07, 6.45) is 7.95. The van der Waals surface area contributed by atoms with E-state index in [4.69, 9.17) is 13.1 Å². The van der Waals surface area contributed by atoms with E-state index >= 15 is 0 Å². The van der Waals surface area contributed by atoms with Gasteiger partial charge in [0.05, 0.1) is 29.0 Å². The van der Waals surface area contributed by atoms with Gasteiger partial charge in [-0.1, -0.05) is 63.8 Å². The van der Waals surface area contributed by atoms with Gasteiger partial charge in [-0.25, -0.2) is 0 Å². The topological polar surface area (TPSA) is 88.9 Å². The van der Waals surface area contributed by atoms with Crippen LogP contribution in [0.5, 0.6) is 0 Å². The van der Waals surface area contributed by atoms with Gasteiger partial charge in [0.25, 0.3) is 11.8 Å². The molecule has 0 unspecified atom stereocenters. The number of thiophene rings is 3. The quantitative estimate of drug-likeness (QED) is 0.0920. The Morgan fingerprint density at radius 2 is 1.08 bits per heavy atom. The average molecular weight is 726 g/mol. The molecule has 0 N–H and O–H groups in total. The molecule has 7 nitrogen and oxygen atoms in total. The zero-order chi connectivity index (χ0) is 32.8. The summed E-state index contributed by atoms with van der Waals surface area (Å²) < 4.78 is 18.9. The van der Waals surface area contributed by atoms with Crippen molar-refractivity contribution < 1.29 is 9.59 Å². The summed E-state index contributed by atoms with van der Waals surface area (Å²) in [7, 11) is 0. The lowest BCUT2D eigenvalue weighted by Gasteiger charge is -2.13. The van der Waals surface area contributed by atoms with E-state index in [1.54, 1.807) is 11.3 Å². The molecule has 5 aromatic heterocycles. The van der Waals surface area contributed by atoms with E-state index in [2.05, 4.69) is 60.7 Å². The van der Waals surface area contributed by atoms with Crippen molar-refractivity contribution in [1.82, 2.24) is 22.4 Å². The van der Waals surface area contributed by atoms with Crippen molar-refractivity contribution in [3.05, 3.63) is 69.9 Å². The molecule has 0 saturated carbocycles. The molecule has 0 radical (unpaired) electrons. The third-order valence-corrected chi connectivity index (χ3v) is 13.4. The fourth-order valence-corrected chi connectivity index (χ4v) is 10.7. The molecule has 1 aliphatic heterocycles. The first-order valence-corrected chi connectivity index (χ1v) is 20.2. The lowest BCUT2D eigenvalue weighted by Crippen LogP contribution is -2.30. The molecule has 0 aliphatic carbocycles. The minimum atomic E-state index is -0.197. The van der Waals surface area contributed by atoms with E-state index in [0.717, 1.165) is 78.2 Å². The zero-order valence-electron chi connectivity index (χ0n) is 26.4. The lowest BCUT2D eigenvalue weighted by atomic mass is 10.0. The summed E-state index contributed by atoms with van der Waals surface area (Å²) in [6.45, 7) is 4.77. The van der Waals surface area contributed by atoms with Gasteiger partial charge in [-0.05, 0) is 49.6 Å². The molecule has 0 bridgehead atoms. The molecule has 0 fully saturated rings. The molecule has 12 heteroatoms. The number of fused-ring (bicyclic) bond motifs is 3. The van der Waals surface area contributed by atoms with Gasteiger partial charge in [-0.2, -0.15) is 17.5 Å². The summed E-state index contributed by atoms with van der Waals surface area (Å²) >= 11 is 7.38. The van der Waals surface area contributed by atoms with Gasteiger partial charge in [0, 0.05) is 53.2 Å². The summed E-state index contributed by atoms with van der Waals surface area (Å²) in [5, 5.41) is 0. The van der Waals surface area contributed by atoms with Gasteiger partial charge < -0.3 is 0 Å². The van der Waals surface area contributed by atoms with Crippen molar-refractivity contribution >= 4 is 91.3 Å². The SMILES string of the molecule is CCCCCCc1ccc(-c2ccc(-c3ccc(-c4ccc(-c5cc6c(s5)C(=O)N(CCCC)C6=O)c5nsnc45)s3)c3nsnc23)s1. The molecule has 0 saturated heterocycles. The second kappa shape index (κ2) is 13.3. The number of amides is 2. The van der Waals surface area contributed by atoms with Crippen molar-refractivity contribution in [1.29, 1.82) is 0 Å². The van der Waals surface area contributed by atoms with Crippen LogP contribution >= 0.6 is 57.5 Å². The summed E-state index contributed by atoms with van der Waals surface area (Å²) in [5.41, 5.74) is 8.11. The van der Waals surface area contributed by atoms with Crippen LogP contribution in [-0.4, -0.2) is 40.8 Å². The van der Waals surface area contributed by atoms with E-state index in [0.29, 0.717) is 17.0 Å². The summed E-state index contributed by atoms with van der Waals surface area (Å²) in [6, 6.07) is 19.1. The van der Waals surface area contributed by atoms with Crippen LogP contribution < -0.4 is 0 Å². The third-order valence-electron chi connectivity index (χ3n) is 8.82. The maximum absolute atomic E-state index is 13.0. The fraction of sp³-hybridized carbons (Fsp3) is 0.278. The number of aryl methyl sites for hydroxylation is 1. The van der Waals surface area contributed by atoms with Crippen molar-refractivity contribution in [2.75, 3.05) is 6.54 Å². The molecule has 6 heterocycles. The van der Waals surface area contributed by atoms with E-state index in [1.807, 2.05) is 23.5 Å². The normalized spacial score (nSPS) is 13.1. The average Bonchev–Trinajstić information content (AvgIpc) is 3.95. The highest BCUT2D eigenvalue weighted by Gasteiger charge is 2.38. The Morgan fingerprint density at radius 3 is 1.65 bits per heavy atom. The number of unbranched alkanes of at least 4 members (excludes halogenated alkanes) is 4. The number of nitrogens with zero attached hydrogens (tertiary/aromatic N) is 5. The van der Waals surface area contributed by atoms with Crippen molar-refractivity contribution in [2.24, 2.45) is 0 Å².